The van der Waals surface area contributed by atoms with Crippen LogP contribution in [0.2, 0.25) is 0 Å². The number of para-hydroxylation sites is 2. The number of benzene rings is 10. The number of fused-ring (bicyclic) bond motifs is 14. The van der Waals surface area contributed by atoms with Crippen LogP contribution in [-0.4, -0.2) is 6.71 Å². The van der Waals surface area contributed by atoms with Gasteiger partial charge in [0, 0.05) is 51.2 Å². The third-order valence-corrected chi connectivity index (χ3v) is 14.9. The van der Waals surface area contributed by atoms with Gasteiger partial charge in [-0.25, -0.2) is 0 Å². The molecule has 67 heavy (non-hydrogen) atoms. The highest BCUT2D eigenvalue weighted by Gasteiger charge is 2.52. The summed E-state index contributed by atoms with van der Waals surface area (Å²) >= 11 is 0. The second-order valence-corrected chi connectivity index (χ2v) is 18.6. The molecule has 2 aliphatic carbocycles. The first-order valence-corrected chi connectivity index (χ1v) is 23.5. The smallest absolute Gasteiger partial charge is 0.252 e. The van der Waals surface area contributed by atoms with E-state index in [1.165, 1.54) is 94.8 Å². The summed E-state index contributed by atoms with van der Waals surface area (Å²) in [6.45, 7) is 4.52. The zero-order chi connectivity index (χ0) is 44.4. The molecule has 0 saturated carbocycles. The molecule has 14 rings (SSSR count). The maximum atomic E-state index is 2.55. The second-order valence-electron chi connectivity index (χ2n) is 18.6. The molecule has 4 aliphatic rings. The number of anilines is 9. The number of hydrogen-bond donors (Lipinski definition) is 0. The van der Waals surface area contributed by atoms with Crippen LogP contribution in [0.5, 0.6) is 0 Å². The van der Waals surface area contributed by atoms with Gasteiger partial charge >= 0.3 is 0 Å². The Bertz CT molecular complexity index is 3550. The Kier molecular flexibility index (Phi) is 8.12. The standard InChI is InChI=1S/C63H44BN3/c1-41-28-36-58-56(38-41)64-57-39-42(2)29-37-59(57)67(47-34-35-55-51(40-47)50-22-11-14-25-54(50)63(55)52-23-12-9-20-48(52)49-21-10-13-24-53(49)63)61-27-15-26-60(62(61)64)66(58)46-32-30-45(31-33-46)65(43-16-5-3-6-17-43)44-18-7-4-8-19-44/h3-40H,1-2H3. The molecule has 0 fully saturated rings. The summed E-state index contributed by atoms with van der Waals surface area (Å²) in [5, 5.41) is 0. The van der Waals surface area contributed by atoms with Crippen LogP contribution >= 0.6 is 0 Å². The fraction of sp³-hybridized carbons (Fsp3) is 0.0476. The van der Waals surface area contributed by atoms with Crippen molar-refractivity contribution >= 4 is 74.3 Å². The van der Waals surface area contributed by atoms with E-state index in [9.17, 15) is 0 Å². The van der Waals surface area contributed by atoms with Crippen molar-refractivity contribution in [2.45, 2.75) is 19.3 Å². The molecule has 10 aromatic rings. The highest BCUT2D eigenvalue weighted by atomic mass is 15.2. The summed E-state index contributed by atoms with van der Waals surface area (Å²) in [5.41, 5.74) is 27.3. The molecule has 1 spiro atoms. The van der Waals surface area contributed by atoms with Gasteiger partial charge in [-0.3, -0.25) is 0 Å². The highest BCUT2D eigenvalue weighted by molar-refractivity contribution is 7.00. The van der Waals surface area contributed by atoms with Gasteiger partial charge in [0.15, 0.2) is 0 Å². The molecule has 4 heteroatoms. The Morgan fingerprint density at radius 2 is 0.776 bits per heavy atom. The Labute approximate surface area is 392 Å². The molecule has 0 aromatic heterocycles. The predicted molar refractivity (Wildman–Crippen MR) is 281 cm³/mol. The van der Waals surface area contributed by atoms with Gasteiger partial charge in [-0.2, -0.15) is 0 Å². The zero-order valence-electron chi connectivity index (χ0n) is 37.4. The van der Waals surface area contributed by atoms with E-state index in [-0.39, 0.29) is 12.1 Å². The molecule has 314 valence electrons. The van der Waals surface area contributed by atoms with E-state index >= 15 is 0 Å². The zero-order valence-corrected chi connectivity index (χ0v) is 37.4. The van der Waals surface area contributed by atoms with Gasteiger partial charge in [-0.15, -0.1) is 0 Å². The molecule has 0 bridgehead atoms. The van der Waals surface area contributed by atoms with Crippen LogP contribution in [0.4, 0.5) is 51.2 Å². The summed E-state index contributed by atoms with van der Waals surface area (Å²) < 4.78 is 0. The number of rotatable bonds is 5. The van der Waals surface area contributed by atoms with E-state index in [2.05, 4.69) is 259 Å². The van der Waals surface area contributed by atoms with Crippen molar-refractivity contribution in [1.82, 2.24) is 0 Å². The van der Waals surface area contributed by atoms with Crippen molar-refractivity contribution in [3.05, 3.63) is 264 Å². The van der Waals surface area contributed by atoms with Crippen molar-refractivity contribution in [2.75, 3.05) is 14.7 Å². The Morgan fingerprint density at radius 1 is 0.343 bits per heavy atom. The summed E-state index contributed by atoms with van der Waals surface area (Å²) in [4.78, 5) is 7.38. The van der Waals surface area contributed by atoms with E-state index in [0.717, 1.165) is 28.4 Å². The molecule has 0 saturated heterocycles. The largest absolute Gasteiger partial charge is 0.311 e. The SMILES string of the molecule is Cc1ccc2c(c1)B1c3cc(C)ccc3N(c3ccc4c(c3)-c3ccccc3C43c4ccccc4-c4ccccc43)c3cccc(c31)N2c1ccc(N(c2ccccc2)c2ccccc2)cc1. The van der Waals surface area contributed by atoms with Crippen molar-refractivity contribution in [3.63, 3.8) is 0 Å². The third kappa shape index (κ3) is 5.30. The average molecular weight is 854 g/mol. The monoisotopic (exact) mass is 853 g/mol. The normalized spacial score (nSPS) is 13.9. The summed E-state index contributed by atoms with van der Waals surface area (Å²) in [6.07, 6.45) is 0. The van der Waals surface area contributed by atoms with Crippen LogP contribution in [0.3, 0.4) is 0 Å². The molecular formula is C63H44BN3. The number of aryl methyl sites for hydroxylation is 2. The minimum Gasteiger partial charge on any atom is -0.311 e. The minimum atomic E-state index is -0.386. The molecule has 10 aromatic carbocycles. The van der Waals surface area contributed by atoms with E-state index < -0.39 is 0 Å². The van der Waals surface area contributed by atoms with Gasteiger partial charge in [0.1, 0.15) is 0 Å². The van der Waals surface area contributed by atoms with Crippen molar-refractivity contribution in [1.29, 1.82) is 0 Å². The lowest BCUT2D eigenvalue weighted by molar-refractivity contribution is 0.794. The first kappa shape index (κ1) is 38.0. The highest BCUT2D eigenvalue weighted by Crippen LogP contribution is 2.63. The van der Waals surface area contributed by atoms with Gasteiger partial charge in [0.2, 0.25) is 0 Å². The Hall–Kier alpha value is -8.34. The summed E-state index contributed by atoms with van der Waals surface area (Å²) in [5.74, 6) is 0. The first-order valence-electron chi connectivity index (χ1n) is 23.5. The van der Waals surface area contributed by atoms with E-state index in [4.69, 9.17) is 0 Å². The van der Waals surface area contributed by atoms with Crippen LogP contribution < -0.4 is 31.1 Å². The van der Waals surface area contributed by atoms with Crippen LogP contribution in [0.1, 0.15) is 33.4 Å². The van der Waals surface area contributed by atoms with Crippen molar-refractivity contribution < 1.29 is 0 Å². The minimum absolute atomic E-state index is 0.0549. The molecule has 0 unspecified atom stereocenters. The lowest BCUT2D eigenvalue weighted by Gasteiger charge is -2.44. The maximum Gasteiger partial charge on any atom is 0.252 e. The molecule has 3 nitrogen and oxygen atoms in total. The van der Waals surface area contributed by atoms with Gasteiger partial charge in [-0.05, 0) is 160 Å². The van der Waals surface area contributed by atoms with Gasteiger partial charge in [0.05, 0.1) is 5.41 Å². The van der Waals surface area contributed by atoms with Crippen molar-refractivity contribution in [2.24, 2.45) is 0 Å². The lowest BCUT2D eigenvalue weighted by atomic mass is 9.33. The molecule has 0 N–H and O–H groups in total. The summed E-state index contributed by atoms with van der Waals surface area (Å²) in [7, 11) is 0. The Balaban J connectivity index is 0.958. The lowest BCUT2D eigenvalue weighted by Crippen LogP contribution is -2.61. The third-order valence-electron chi connectivity index (χ3n) is 14.9. The molecule has 0 amide bonds. The topological polar surface area (TPSA) is 9.72 Å². The summed E-state index contributed by atoms with van der Waals surface area (Å²) in [6, 6.07) is 86.1. The van der Waals surface area contributed by atoms with Crippen LogP contribution in [0.15, 0.2) is 231 Å². The van der Waals surface area contributed by atoms with Gasteiger partial charge in [-0.1, -0.05) is 157 Å². The van der Waals surface area contributed by atoms with Crippen LogP contribution in [0.25, 0.3) is 22.3 Å². The fourth-order valence-electron chi connectivity index (χ4n) is 12.3. The maximum absolute atomic E-state index is 2.55. The van der Waals surface area contributed by atoms with E-state index in [1.807, 2.05) is 0 Å². The quantitative estimate of drug-likeness (QED) is 0.160. The molecular weight excluding hydrogens is 810 g/mol. The van der Waals surface area contributed by atoms with Crippen molar-refractivity contribution in [3.8, 4) is 22.3 Å². The molecule has 0 radical (unpaired) electrons. The first-order chi connectivity index (χ1) is 33.1. The molecule has 2 aliphatic heterocycles. The Morgan fingerprint density at radius 3 is 1.31 bits per heavy atom. The molecule has 2 heterocycles. The van der Waals surface area contributed by atoms with E-state index in [0.29, 0.717) is 0 Å². The van der Waals surface area contributed by atoms with Gasteiger partial charge < -0.3 is 14.7 Å². The van der Waals surface area contributed by atoms with Crippen LogP contribution in [-0.2, 0) is 5.41 Å². The molecule has 0 atom stereocenters. The number of hydrogen-bond acceptors (Lipinski definition) is 3. The van der Waals surface area contributed by atoms with E-state index in [1.54, 1.807) is 0 Å². The van der Waals surface area contributed by atoms with Gasteiger partial charge in [0.25, 0.3) is 6.71 Å². The number of nitrogens with zero attached hydrogens (tertiary/aromatic N) is 3. The average Bonchev–Trinajstić information content (AvgIpc) is 3.84. The van der Waals surface area contributed by atoms with Crippen LogP contribution in [0, 0.1) is 13.8 Å². The fourth-order valence-corrected chi connectivity index (χ4v) is 12.3. The second kappa shape index (κ2) is 14.3. The predicted octanol–water partition coefficient (Wildman–Crippen LogP) is 14.2.